The smallest absolute Gasteiger partial charge is 0.254 e. The Kier molecular flexibility index (Phi) is 3.21. The molecule has 1 aromatic rings. The van der Waals surface area contributed by atoms with E-state index in [1.165, 1.54) is 5.56 Å². The number of anilines is 1. The zero-order valence-electron chi connectivity index (χ0n) is 11.8. The molecular formula is C16H22N2O. The number of benzene rings is 1. The molecule has 0 spiro atoms. The highest BCUT2D eigenvalue weighted by Gasteiger charge is 2.31. The number of carbonyl (C=O) groups excluding carboxylic acids is 1. The first-order valence-electron chi connectivity index (χ1n) is 7.34. The second-order valence-corrected chi connectivity index (χ2v) is 6.00. The molecule has 0 aromatic heterocycles. The largest absolute Gasteiger partial charge is 0.384 e. The van der Waals surface area contributed by atoms with Crippen LogP contribution >= 0.6 is 0 Å². The van der Waals surface area contributed by atoms with Crippen LogP contribution in [-0.2, 0) is 6.42 Å². The van der Waals surface area contributed by atoms with Gasteiger partial charge in [0.2, 0.25) is 0 Å². The Morgan fingerprint density at radius 3 is 3.05 bits per heavy atom. The zero-order chi connectivity index (χ0) is 13.4. The molecule has 3 rings (SSSR count). The minimum Gasteiger partial charge on any atom is -0.384 e. The minimum absolute atomic E-state index is 0.202. The SMILES string of the molecule is CC(C)C1CCCN1C(=O)c1ccc2c(c1)NCC2. The molecule has 0 radical (unpaired) electrons. The molecule has 2 heterocycles. The number of hydrogen-bond donors (Lipinski definition) is 1. The number of fused-ring (bicyclic) bond motifs is 1. The molecule has 19 heavy (non-hydrogen) atoms. The van der Waals surface area contributed by atoms with Gasteiger partial charge < -0.3 is 10.2 Å². The Hall–Kier alpha value is -1.51. The Bertz CT molecular complexity index is 496. The van der Waals surface area contributed by atoms with Crippen molar-refractivity contribution < 1.29 is 4.79 Å². The van der Waals surface area contributed by atoms with Gasteiger partial charge in [0.1, 0.15) is 0 Å². The topological polar surface area (TPSA) is 32.3 Å². The molecule has 0 saturated carbocycles. The second kappa shape index (κ2) is 4.87. The summed E-state index contributed by atoms with van der Waals surface area (Å²) in [5, 5.41) is 3.35. The fourth-order valence-corrected chi connectivity index (χ4v) is 3.33. The van der Waals surface area contributed by atoms with E-state index in [1.54, 1.807) is 0 Å². The Balaban J connectivity index is 1.84. The van der Waals surface area contributed by atoms with E-state index in [2.05, 4.69) is 30.1 Å². The van der Waals surface area contributed by atoms with E-state index in [9.17, 15) is 4.79 Å². The minimum atomic E-state index is 0.202. The number of amides is 1. The van der Waals surface area contributed by atoms with E-state index in [0.29, 0.717) is 12.0 Å². The maximum absolute atomic E-state index is 12.7. The lowest BCUT2D eigenvalue weighted by Gasteiger charge is -2.28. The van der Waals surface area contributed by atoms with Crippen LogP contribution in [0.5, 0.6) is 0 Å². The van der Waals surface area contributed by atoms with E-state index in [0.717, 1.165) is 43.6 Å². The molecule has 2 aliphatic heterocycles. The van der Waals surface area contributed by atoms with Crippen LogP contribution in [0.3, 0.4) is 0 Å². The van der Waals surface area contributed by atoms with Gasteiger partial charge in [-0.15, -0.1) is 0 Å². The molecule has 3 nitrogen and oxygen atoms in total. The van der Waals surface area contributed by atoms with Crippen molar-refractivity contribution in [2.24, 2.45) is 5.92 Å². The number of likely N-dealkylation sites (tertiary alicyclic amines) is 1. The highest BCUT2D eigenvalue weighted by atomic mass is 16.2. The maximum Gasteiger partial charge on any atom is 0.254 e. The monoisotopic (exact) mass is 258 g/mol. The van der Waals surface area contributed by atoms with Gasteiger partial charge in [-0.3, -0.25) is 4.79 Å². The predicted octanol–water partition coefficient (Wildman–Crippen LogP) is 2.92. The van der Waals surface area contributed by atoms with E-state index >= 15 is 0 Å². The summed E-state index contributed by atoms with van der Waals surface area (Å²) in [4.78, 5) is 14.7. The summed E-state index contributed by atoms with van der Waals surface area (Å²) in [6.45, 7) is 6.32. The van der Waals surface area contributed by atoms with Crippen molar-refractivity contribution in [1.29, 1.82) is 0 Å². The lowest BCUT2D eigenvalue weighted by molar-refractivity contribution is 0.0701. The van der Waals surface area contributed by atoms with Crippen LogP contribution < -0.4 is 5.32 Å². The quantitative estimate of drug-likeness (QED) is 0.884. The number of carbonyl (C=O) groups is 1. The third-order valence-electron chi connectivity index (χ3n) is 4.40. The van der Waals surface area contributed by atoms with E-state index < -0.39 is 0 Å². The van der Waals surface area contributed by atoms with Gasteiger partial charge in [-0.1, -0.05) is 19.9 Å². The van der Waals surface area contributed by atoms with Crippen LogP contribution in [0.4, 0.5) is 5.69 Å². The molecule has 1 atom stereocenters. The lowest BCUT2D eigenvalue weighted by atomic mass is 10.0. The Labute approximate surface area is 115 Å². The van der Waals surface area contributed by atoms with Gasteiger partial charge >= 0.3 is 0 Å². The molecule has 1 fully saturated rings. The van der Waals surface area contributed by atoms with Gasteiger partial charge in [0, 0.05) is 30.4 Å². The van der Waals surface area contributed by atoms with Crippen molar-refractivity contribution >= 4 is 11.6 Å². The van der Waals surface area contributed by atoms with Crippen molar-refractivity contribution in [3.63, 3.8) is 0 Å². The molecule has 1 unspecified atom stereocenters. The summed E-state index contributed by atoms with van der Waals surface area (Å²) in [7, 11) is 0. The molecule has 2 aliphatic rings. The molecular weight excluding hydrogens is 236 g/mol. The Morgan fingerprint density at radius 2 is 2.26 bits per heavy atom. The zero-order valence-corrected chi connectivity index (χ0v) is 11.8. The fourth-order valence-electron chi connectivity index (χ4n) is 3.33. The molecule has 1 aromatic carbocycles. The van der Waals surface area contributed by atoms with Crippen molar-refractivity contribution in [3.05, 3.63) is 29.3 Å². The van der Waals surface area contributed by atoms with Crippen molar-refractivity contribution in [2.75, 3.05) is 18.4 Å². The van der Waals surface area contributed by atoms with Gasteiger partial charge in [0.25, 0.3) is 5.91 Å². The number of nitrogens with one attached hydrogen (secondary N) is 1. The summed E-state index contributed by atoms with van der Waals surface area (Å²) >= 11 is 0. The van der Waals surface area contributed by atoms with E-state index in [4.69, 9.17) is 0 Å². The first kappa shape index (κ1) is 12.5. The third kappa shape index (κ3) is 2.22. The van der Waals surface area contributed by atoms with Crippen molar-refractivity contribution in [1.82, 2.24) is 4.90 Å². The van der Waals surface area contributed by atoms with Crippen molar-refractivity contribution in [2.45, 2.75) is 39.2 Å². The summed E-state index contributed by atoms with van der Waals surface area (Å²) < 4.78 is 0. The second-order valence-electron chi connectivity index (χ2n) is 6.00. The van der Waals surface area contributed by atoms with Crippen LogP contribution in [0.2, 0.25) is 0 Å². The van der Waals surface area contributed by atoms with Crippen LogP contribution in [0.15, 0.2) is 18.2 Å². The summed E-state index contributed by atoms with van der Waals surface area (Å²) in [5.74, 6) is 0.742. The van der Waals surface area contributed by atoms with Gasteiger partial charge in [-0.2, -0.15) is 0 Å². The number of nitrogens with zero attached hydrogens (tertiary/aromatic N) is 1. The molecule has 1 N–H and O–H groups in total. The normalized spacial score (nSPS) is 21.6. The van der Waals surface area contributed by atoms with Gasteiger partial charge in [-0.25, -0.2) is 0 Å². The van der Waals surface area contributed by atoms with Crippen LogP contribution in [0.25, 0.3) is 0 Å². The predicted molar refractivity (Wildman–Crippen MR) is 77.5 cm³/mol. The third-order valence-corrected chi connectivity index (χ3v) is 4.40. The van der Waals surface area contributed by atoms with Gasteiger partial charge in [0.05, 0.1) is 0 Å². The molecule has 3 heteroatoms. The summed E-state index contributed by atoms with van der Waals surface area (Å²) in [6.07, 6.45) is 3.35. The number of hydrogen-bond acceptors (Lipinski definition) is 2. The summed E-state index contributed by atoms with van der Waals surface area (Å²) in [6, 6.07) is 6.53. The molecule has 1 saturated heterocycles. The Morgan fingerprint density at radius 1 is 1.42 bits per heavy atom. The van der Waals surface area contributed by atoms with E-state index in [1.807, 2.05) is 12.1 Å². The average Bonchev–Trinajstić information content (AvgIpc) is 3.05. The maximum atomic E-state index is 12.7. The van der Waals surface area contributed by atoms with Crippen LogP contribution in [-0.4, -0.2) is 29.9 Å². The highest BCUT2D eigenvalue weighted by Crippen LogP contribution is 2.28. The van der Waals surface area contributed by atoms with Gasteiger partial charge in [0.15, 0.2) is 0 Å². The van der Waals surface area contributed by atoms with Crippen molar-refractivity contribution in [3.8, 4) is 0 Å². The first-order valence-corrected chi connectivity index (χ1v) is 7.34. The highest BCUT2D eigenvalue weighted by molar-refractivity contribution is 5.96. The molecule has 102 valence electrons. The van der Waals surface area contributed by atoms with E-state index in [-0.39, 0.29) is 5.91 Å². The average molecular weight is 258 g/mol. The molecule has 0 aliphatic carbocycles. The van der Waals surface area contributed by atoms with Crippen LogP contribution in [0, 0.1) is 5.92 Å². The fraction of sp³-hybridized carbons (Fsp3) is 0.562. The molecule has 1 amide bonds. The van der Waals surface area contributed by atoms with Gasteiger partial charge in [-0.05, 0) is 42.9 Å². The molecule has 0 bridgehead atoms. The first-order chi connectivity index (χ1) is 9.16. The standard InChI is InChI=1S/C16H22N2O/c1-11(2)15-4-3-9-18(15)16(19)13-6-5-12-7-8-17-14(12)10-13/h5-6,10-11,15,17H,3-4,7-9H2,1-2H3. The lowest BCUT2D eigenvalue weighted by Crippen LogP contribution is -2.38. The van der Waals surface area contributed by atoms with Crippen LogP contribution in [0.1, 0.15) is 42.6 Å². The number of rotatable bonds is 2. The summed E-state index contributed by atoms with van der Waals surface area (Å²) in [5.41, 5.74) is 3.31.